The molecule has 1 aromatic heterocycles. The normalized spacial score (nSPS) is 13.5. The fourth-order valence-electron chi connectivity index (χ4n) is 3.49. The smallest absolute Gasteiger partial charge is 0.341 e. The Hall–Kier alpha value is -2.34. The molecule has 0 fully saturated rings. The highest BCUT2D eigenvalue weighted by Crippen LogP contribution is 2.38. The summed E-state index contributed by atoms with van der Waals surface area (Å²) in [4.78, 5) is 25.9. The number of thiophene rings is 1. The monoisotopic (exact) mass is 415 g/mol. The van der Waals surface area contributed by atoms with Crippen LogP contribution in [0.3, 0.4) is 0 Å². The number of nitrogens with one attached hydrogen (secondary N) is 1. The number of rotatable bonds is 7. The average molecular weight is 416 g/mol. The molecule has 29 heavy (non-hydrogen) atoms. The van der Waals surface area contributed by atoms with Gasteiger partial charge in [0, 0.05) is 4.88 Å². The van der Waals surface area contributed by atoms with E-state index in [9.17, 15) is 9.59 Å². The Labute approximate surface area is 176 Å². The molecule has 6 heteroatoms. The van der Waals surface area contributed by atoms with Crippen LogP contribution in [0.5, 0.6) is 5.75 Å². The number of carbonyl (C=O) groups excluding carboxylic acids is 2. The molecule has 1 heterocycles. The number of fused-ring (bicyclic) bond motifs is 1. The summed E-state index contributed by atoms with van der Waals surface area (Å²) in [5, 5.41) is 3.42. The Morgan fingerprint density at radius 1 is 1.14 bits per heavy atom. The molecule has 0 radical (unpaired) electrons. The van der Waals surface area contributed by atoms with Gasteiger partial charge in [0.25, 0.3) is 5.91 Å². The predicted molar refractivity (Wildman–Crippen MR) is 116 cm³/mol. The van der Waals surface area contributed by atoms with Crippen molar-refractivity contribution in [2.45, 2.75) is 58.3 Å². The van der Waals surface area contributed by atoms with Crippen LogP contribution in [0.4, 0.5) is 5.00 Å². The van der Waals surface area contributed by atoms with Gasteiger partial charge in [-0.3, -0.25) is 4.79 Å². The number of anilines is 1. The lowest BCUT2D eigenvalue weighted by Crippen LogP contribution is -2.21. The minimum Gasteiger partial charge on any atom is -0.484 e. The molecule has 0 unspecified atom stereocenters. The van der Waals surface area contributed by atoms with Gasteiger partial charge in [0.15, 0.2) is 6.61 Å². The van der Waals surface area contributed by atoms with Crippen LogP contribution < -0.4 is 10.1 Å². The third-order valence-electron chi connectivity index (χ3n) is 5.70. The van der Waals surface area contributed by atoms with Gasteiger partial charge < -0.3 is 14.8 Å². The van der Waals surface area contributed by atoms with Gasteiger partial charge in [-0.1, -0.05) is 32.9 Å². The highest BCUT2D eigenvalue weighted by atomic mass is 32.1. The summed E-state index contributed by atoms with van der Waals surface area (Å²) < 4.78 is 10.6. The third-order valence-corrected chi connectivity index (χ3v) is 6.91. The maximum absolute atomic E-state index is 12.5. The van der Waals surface area contributed by atoms with Crippen molar-refractivity contribution in [3.8, 4) is 5.75 Å². The summed E-state index contributed by atoms with van der Waals surface area (Å²) in [5.41, 5.74) is 2.88. The van der Waals surface area contributed by atoms with Crippen LogP contribution in [0.25, 0.3) is 0 Å². The Balaban J connectivity index is 1.66. The van der Waals surface area contributed by atoms with E-state index in [0.29, 0.717) is 16.3 Å². The summed E-state index contributed by atoms with van der Waals surface area (Å²) in [6, 6.07) is 7.87. The first kappa shape index (κ1) is 21.4. The standard InChI is InChI=1S/C23H29NO4S/c1-5-23(2,3)15-10-12-16(13-11-15)28-14-19(25)24-21-20(22(26)27-4)17-8-6-7-9-18(17)29-21/h10-13H,5-9,14H2,1-4H3,(H,24,25). The molecule has 2 aromatic rings. The van der Waals surface area contributed by atoms with E-state index in [1.54, 1.807) is 0 Å². The first-order valence-corrected chi connectivity index (χ1v) is 10.9. The van der Waals surface area contributed by atoms with Crippen molar-refractivity contribution < 1.29 is 19.1 Å². The molecule has 5 nitrogen and oxygen atoms in total. The van der Waals surface area contributed by atoms with E-state index in [-0.39, 0.29) is 17.9 Å². The maximum atomic E-state index is 12.5. The van der Waals surface area contributed by atoms with Crippen molar-refractivity contribution in [3.63, 3.8) is 0 Å². The van der Waals surface area contributed by atoms with Gasteiger partial charge in [0.05, 0.1) is 12.7 Å². The predicted octanol–water partition coefficient (Wildman–Crippen LogP) is 5.12. The maximum Gasteiger partial charge on any atom is 0.341 e. The molecule has 3 rings (SSSR count). The number of carbonyl (C=O) groups is 2. The second-order valence-corrected chi connectivity index (χ2v) is 9.11. The van der Waals surface area contributed by atoms with E-state index in [0.717, 1.165) is 37.7 Å². The first-order chi connectivity index (χ1) is 13.9. The van der Waals surface area contributed by atoms with Gasteiger partial charge in [-0.15, -0.1) is 11.3 Å². The lowest BCUT2D eigenvalue weighted by Gasteiger charge is -2.23. The van der Waals surface area contributed by atoms with Gasteiger partial charge in [-0.25, -0.2) is 4.79 Å². The van der Waals surface area contributed by atoms with Crippen molar-refractivity contribution in [2.75, 3.05) is 19.0 Å². The van der Waals surface area contributed by atoms with Crippen LogP contribution in [0.1, 0.15) is 66.4 Å². The molecule has 0 saturated heterocycles. The van der Waals surface area contributed by atoms with Gasteiger partial charge in [-0.2, -0.15) is 0 Å². The zero-order chi connectivity index (χ0) is 21.0. The number of aryl methyl sites for hydroxylation is 1. The molecule has 1 amide bonds. The minimum absolute atomic E-state index is 0.110. The van der Waals surface area contributed by atoms with Crippen LogP contribution in [0, 0.1) is 0 Å². The quantitative estimate of drug-likeness (QED) is 0.638. The van der Waals surface area contributed by atoms with Gasteiger partial charge in [-0.05, 0) is 60.8 Å². The van der Waals surface area contributed by atoms with Crippen molar-refractivity contribution >= 4 is 28.2 Å². The molecular weight excluding hydrogens is 386 g/mol. The third kappa shape index (κ3) is 4.81. The van der Waals surface area contributed by atoms with Crippen LogP contribution >= 0.6 is 11.3 Å². The molecule has 1 aliphatic rings. The Bertz CT molecular complexity index is 883. The van der Waals surface area contributed by atoms with Crippen molar-refractivity contribution in [2.24, 2.45) is 0 Å². The molecule has 0 spiro atoms. The second-order valence-electron chi connectivity index (χ2n) is 8.01. The number of ether oxygens (including phenoxy) is 2. The summed E-state index contributed by atoms with van der Waals surface area (Å²) in [5.74, 6) is -0.0315. The average Bonchev–Trinajstić information content (AvgIpc) is 3.09. The van der Waals surface area contributed by atoms with E-state index in [1.165, 1.54) is 28.9 Å². The van der Waals surface area contributed by atoms with E-state index in [1.807, 2.05) is 24.3 Å². The fraction of sp³-hybridized carbons (Fsp3) is 0.478. The zero-order valence-corrected chi connectivity index (χ0v) is 18.4. The van der Waals surface area contributed by atoms with E-state index in [4.69, 9.17) is 9.47 Å². The largest absolute Gasteiger partial charge is 0.484 e. The summed E-state index contributed by atoms with van der Waals surface area (Å²) in [7, 11) is 1.37. The van der Waals surface area contributed by atoms with Crippen molar-refractivity contribution in [3.05, 3.63) is 45.8 Å². The summed E-state index contributed by atoms with van der Waals surface area (Å²) >= 11 is 1.47. The molecular formula is C23H29NO4S. The molecule has 1 aromatic carbocycles. The van der Waals surface area contributed by atoms with E-state index < -0.39 is 5.97 Å². The van der Waals surface area contributed by atoms with Gasteiger partial charge in [0.2, 0.25) is 0 Å². The van der Waals surface area contributed by atoms with E-state index >= 15 is 0 Å². The lowest BCUT2D eigenvalue weighted by atomic mass is 9.82. The topological polar surface area (TPSA) is 64.6 Å². The van der Waals surface area contributed by atoms with Crippen LogP contribution in [0.15, 0.2) is 24.3 Å². The lowest BCUT2D eigenvalue weighted by molar-refractivity contribution is -0.118. The van der Waals surface area contributed by atoms with Crippen LogP contribution in [-0.2, 0) is 27.8 Å². The highest BCUT2D eigenvalue weighted by Gasteiger charge is 2.27. The Morgan fingerprint density at radius 2 is 1.83 bits per heavy atom. The first-order valence-electron chi connectivity index (χ1n) is 10.1. The highest BCUT2D eigenvalue weighted by molar-refractivity contribution is 7.17. The second kappa shape index (κ2) is 8.99. The van der Waals surface area contributed by atoms with Gasteiger partial charge in [0.1, 0.15) is 10.8 Å². The molecule has 0 atom stereocenters. The molecule has 1 N–H and O–H groups in total. The number of amides is 1. The number of benzene rings is 1. The molecule has 156 valence electrons. The Kier molecular flexibility index (Phi) is 6.63. The molecule has 0 saturated carbocycles. The summed E-state index contributed by atoms with van der Waals surface area (Å²) in [6.07, 6.45) is 4.99. The molecule has 0 aliphatic heterocycles. The summed E-state index contributed by atoms with van der Waals surface area (Å²) in [6.45, 7) is 6.46. The SMILES string of the molecule is CCC(C)(C)c1ccc(OCC(=O)Nc2sc3c(c2C(=O)OC)CCCC3)cc1. The van der Waals surface area contributed by atoms with Crippen molar-refractivity contribution in [1.29, 1.82) is 0 Å². The Morgan fingerprint density at radius 3 is 2.48 bits per heavy atom. The van der Waals surface area contributed by atoms with Crippen molar-refractivity contribution in [1.82, 2.24) is 0 Å². The number of esters is 1. The van der Waals surface area contributed by atoms with Gasteiger partial charge >= 0.3 is 5.97 Å². The fourth-order valence-corrected chi connectivity index (χ4v) is 4.78. The zero-order valence-electron chi connectivity index (χ0n) is 17.6. The van der Waals surface area contributed by atoms with Crippen LogP contribution in [-0.4, -0.2) is 25.6 Å². The number of hydrogen-bond acceptors (Lipinski definition) is 5. The minimum atomic E-state index is -0.394. The number of hydrogen-bond donors (Lipinski definition) is 1. The molecule has 0 bridgehead atoms. The van der Waals surface area contributed by atoms with E-state index in [2.05, 4.69) is 26.1 Å². The molecule has 1 aliphatic carbocycles. The van der Waals surface area contributed by atoms with Crippen LogP contribution in [0.2, 0.25) is 0 Å². The number of methoxy groups -OCH3 is 1.